The standard InChI is InChI=1S/C16H17ClN2O3S/c1-12-5-7-15(8-6-12)23(21,22)19(11-16(18)20)10-13-3-2-4-14(17)9-13/h2-9H,10-11H2,1H3,(H2,18,20). The molecular formula is C16H17ClN2O3S. The van der Waals surface area contributed by atoms with Gasteiger partial charge in [-0.3, -0.25) is 4.79 Å². The van der Waals surface area contributed by atoms with Crippen LogP contribution in [-0.2, 0) is 21.4 Å². The first-order valence-corrected chi connectivity index (χ1v) is 8.70. The lowest BCUT2D eigenvalue weighted by Gasteiger charge is -2.21. The molecule has 0 spiro atoms. The predicted molar refractivity (Wildman–Crippen MR) is 89.4 cm³/mol. The first kappa shape index (κ1) is 17.5. The smallest absolute Gasteiger partial charge is 0.243 e. The first-order chi connectivity index (χ1) is 10.8. The van der Waals surface area contributed by atoms with Crippen LogP contribution in [0, 0.1) is 6.92 Å². The van der Waals surface area contributed by atoms with Gasteiger partial charge in [0, 0.05) is 11.6 Å². The molecule has 0 atom stereocenters. The van der Waals surface area contributed by atoms with Crippen molar-refractivity contribution < 1.29 is 13.2 Å². The average Bonchev–Trinajstić information content (AvgIpc) is 2.46. The zero-order valence-electron chi connectivity index (χ0n) is 12.6. The lowest BCUT2D eigenvalue weighted by molar-refractivity contribution is -0.118. The zero-order valence-corrected chi connectivity index (χ0v) is 14.1. The number of benzene rings is 2. The van der Waals surface area contributed by atoms with E-state index in [1.165, 1.54) is 12.1 Å². The summed E-state index contributed by atoms with van der Waals surface area (Å²) in [4.78, 5) is 11.4. The molecule has 0 fully saturated rings. The SMILES string of the molecule is Cc1ccc(S(=O)(=O)N(CC(N)=O)Cc2cccc(Cl)c2)cc1. The number of carbonyl (C=O) groups is 1. The van der Waals surface area contributed by atoms with E-state index in [9.17, 15) is 13.2 Å². The van der Waals surface area contributed by atoms with Crippen molar-refractivity contribution in [2.45, 2.75) is 18.4 Å². The van der Waals surface area contributed by atoms with Crippen LogP contribution in [0.5, 0.6) is 0 Å². The number of sulfonamides is 1. The van der Waals surface area contributed by atoms with Crippen molar-refractivity contribution in [1.29, 1.82) is 0 Å². The third-order valence-electron chi connectivity index (χ3n) is 3.24. The molecule has 1 amide bonds. The van der Waals surface area contributed by atoms with Gasteiger partial charge in [0.1, 0.15) is 0 Å². The molecule has 0 aromatic heterocycles. The van der Waals surface area contributed by atoms with Gasteiger partial charge in [-0.1, -0.05) is 41.4 Å². The lowest BCUT2D eigenvalue weighted by atomic mass is 10.2. The molecule has 23 heavy (non-hydrogen) atoms. The second kappa shape index (κ2) is 7.12. The number of primary amides is 1. The Kier molecular flexibility index (Phi) is 5.41. The minimum absolute atomic E-state index is 0.0136. The third-order valence-corrected chi connectivity index (χ3v) is 5.28. The minimum Gasteiger partial charge on any atom is -0.369 e. The number of rotatable bonds is 6. The summed E-state index contributed by atoms with van der Waals surface area (Å²) in [5.74, 6) is -0.720. The van der Waals surface area contributed by atoms with Gasteiger partial charge in [-0.25, -0.2) is 8.42 Å². The Morgan fingerprint density at radius 1 is 1.17 bits per heavy atom. The van der Waals surface area contributed by atoms with Gasteiger partial charge in [0.05, 0.1) is 11.4 Å². The molecule has 0 radical (unpaired) electrons. The molecule has 0 saturated heterocycles. The molecule has 0 unspecified atom stereocenters. The number of nitrogens with zero attached hydrogens (tertiary/aromatic N) is 1. The molecule has 2 rings (SSSR count). The van der Waals surface area contributed by atoms with E-state index in [0.29, 0.717) is 10.6 Å². The molecule has 5 nitrogen and oxygen atoms in total. The number of carbonyl (C=O) groups excluding carboxylic acids is 1. The van der Waals surface area contributed by atoms with Crippen LogP contribution in [0.3, 0.4) is 0 Å². The van der Waals surface area contributed by atoms with Crippen LogP contribution in [-0.4, -0.2) is 25.2 Å². The van der Waals surface area contributed by atoms with Crippen LogP contribution < -0.4 is 5.73 Å². The summed E-state index contributed by atoms with van der Waals surface area (Å²) < 4.78 is 26.6. The highest BCUT2D eigenvalue weighted by Gasteiger charge is 2.26. The van der Waals surface area contributed by atoms with Crippen molar-refractivity contribution >= 4 is 27.5 Å². The molecule has 7 heteroatoms. The number of amides is 1. The van der Waals surface area contributed by atoms with E-state index in [-0.39, 0.29) is 11.4 Å². The van der Waals surface area contributed by atoms with Crippen LogP contribution >= 0.6 is 11.6 Å². The molecule has 122 valence electrons. The Hall–Kier alpha value is -1.89. The fourth-order valence-electron chi connectivity index (χ4n) is 2.10. The van der Waals surface area contributed by atoms with Crippen molar-refractivity contribution in [2.75, 3.05) is 6.54 Å². The van der Waals surface area contributed by atoms with Gasteiger partial charge in [-0.15, -0.1) is 0 Å². The average molecular weight is 353 g/mol. The maximum Gasteiger partial charge on any atom is 0.243 e. The Balaban J connectivity index is 2.37. The number of hydrogen-bond donors (Lipinski definition) is 1. The fraction of sp³-hybridized carbons (Fsp3) is 0.188. The maximum atomic E-state index is 12.8. The van der Waals surface area contributed by atoms with Crippen molar-refractivity contribution in [3.05, 3.63) is 64.7 Å². The summed E-state index contributed by atoms with van der Waals surface area (Å²) in [5, 5.41) is 0.495. The van der Waals surface area contributed by atoms with E-state index < -0.39 is 22.5 Å². The van der Waals surface area contributed by atoms with Crippen LogP contribution in [0.15, 0.2) is 53.4 Å². The molecule has 2 N–H and O–H groups in total. The second-order valence-corrected chi connectivity index (χ2v) is 7.56. The lowest BCUT2D eigenvalue weighted by Crippen LogP contribution is -2.38. The Morgan fingerprint density at radius 2 is 1.83 bits per heavy atom. The third kappa shape index (κ3) is 4.54. The molecule has 0 aliphatic heterocycles. The largest absolute Gasteiger partial charge is 0.369 e. The van der Waals surface area contributed by atoms with Crippen molar-refractivity contribution in [1.82, 2.24) is 4.31 Å². The zero-order chi connectivity index (χ0) is 17.0. The van der Waals surface area contributed by atoms with E-state index in [1.807, 2.05) is 6.92 Å². The van der Waals surface area contributed by atoms with Crippen molar-refractivity contribution in [3.8, 4) is 0 Å². The van der Waals surface area contributed by atoms with Gasteiger partial charge in [-0.2, -0.15) is 4.31 Å². The van der Waals surface area contributed by atoms with Crippen LogP contribution in [0.2, 0.25) is 5.02 Å². The summed E-state index contributed by atoms with van der Waals surface area (Å²) >= 11 is 5.92. The maximum absolute atomic E-state index is 12.8. The quantitative estimate of drug-likeness (QED) is 0.866. The monoisotopic (exact) mass is 352 g/mol. The van der Waals surface area contributed by atoms with Gasteiger partial charge < -0.3 is 5.73 Å². The molecule has 2 aromatic carbocycles. The Bertz CT molecular complexity index is 804. The van der Waals surface area contributed by atoms with E-state index in [1.54, 1.807) is 36.4 Å². The molecule has 0 heterocycles. The first-order valence-electron chi connectivity index (χ1n) is 6.88. The van der Waals surface area contributed by atoms with Gasteiger partial charge in [0.25, 0.3) is 0 Å². The number of nitrogens with two attached hydrogens (primary N) is 1. The van der Waals surface area contributed by atoms with Gasteiger partial charge >= 0.3 is 0 Å². The molecule has 0 saturated carbocycles. The summed E-state index contributed by atoms with van der Waals surface area (Å²) in [6, 6.07) is 13.2. The molecular weight excluding hydrogens is 336 g/mol. The van der Waals surface area contributed by atoms with Crippen molar-refractivity contribution in [3.63, 3.8) is 0 Å². The molecule has 0 aliphatic rings. The van der Waals surface area contributed by atoms with E-state index in [2.05, 4.69) is 0 Å². The topological polar surface area (TPSA) is 80.5 Å². The number of aryl methyl sites for hydroxylation is 1. The fourth-order valence-corrected chi connectivity index (χ4v) is 3.71. The van der Waals surface area contributed by atoms with E-state index in [4.69, 9.17) is 17.3 Å². The highest BCUT2D eigenvalue weighted by atomic mass is 35.5. The Labute approximate surface area is 140 Å². The summed E-state index contributed by atoms with van der Waals surface area (Å²) in [6.45, 7) is 1.48. The van der Waals surface area contributed by atoms with E-state index >= 15 is 0 Å². The normalized spacial score (nSPS) is 11.6. The molecule has 0 bridgehead atoms. The highest BCUT2D eigenvalue weighted by molar-refractivity contribution is 7.89. The summed E-state index contributed by atoms with van der Waals surface area (Å²) in [6.07, 6.45) is 0. The highest BCUT2D eigenvalue weighted by Crippen LogP contribution is 2.20. The number of halogens is 1. The van der Waals surface area contributed by atoms with Gasteiger partial charge in [0.15, 0.2) is 0 Å². The number of hydrogen-bond acceptors (Lipinski definition) is 3. The molecule has 0 aliphatic carbocycles. The summed E-state index contributed by atoms with van der Waals surface area (Å²) in [7, 11) is -3.83. The Morgan fingerprint density at radius 3 is 2.39 bits per heavy atom. The van der Waals surface area contributed by atoms with E-state index in [0.717, 1.165) is 9.87 Å². The van der Waals surface area contributed by atoms with Gasteiger partial charge in [0.2, 0.25) is 15.9 Å². The summed E-state index contributed by atoms with van der Waals surface area (Å²) in [5.41, 5.74) is 6.82. The van der Waals surface area contributed by atoms with Crippen LogP contribution in [0.25, 0.3) is 0 Å². The van der Waals surface area contributed by atoms with Crippen molar-refractivity contribution in [2.24, 2.45) is 5.73 Å². The second-order valence-electron chi connectivity index (χ2n) is 5.18. The van der Waals surface area contributed by atoms with Crippen LogP contribution in [0.4, 0.5) is 0 Å². The minimum atomic E-state index is -3.83. The molecule has 2 aromatic rings. The van der Waals surface area contributed by atoms with Gasteiger partial charge in [-0.05, 0) is 36.8 Å². The predicted octanol–water partition coefficient (Wildman–Crippen LogP) is 2.32. The van der Waals surface area contributed by atoms with Crippen LogP contribution in [0.1, 0.15) is 11.1 Å².